The summed E-state index contributed by atoms with van der Waals surface area (Å²) in [6, 6.07) is 15.4. The second-order valence-corrected chi connectivity index (χ2v) is 9.09. The third kappa shape index (κ3) is 9.34. The molecule has 3 aromatic rings. The van der Waals surface area contributed by atoms with Crippen LogP contribution in [-0.2, 0) is 16.0 Å². The van der Waals surface area contributed by atoms with Crippen molar-refractivity contribution in [3.05, 3.63) is 59.5 Å². The largest absolute Gasteiger partial charge is 0.497 e. The molecule has 1 aromatic heterocycles. The van der Waals surface area contributed by atoms with E-state index in [2.05, 4.69) is 4.90 Å². The van der Waals surface area contributed by atoms with Gasteiger partial charge >= 0.3 is 12.1 Å². The fraction of sp³-hybridized carbons (Fsp3) is 0.346. The molecular formula is C26H30F3N3O5S. The quantitative estimate of drug-likeness (QED) is 0.378. The van der Waals surface area contributed by atoms with Crippen LogP contribution in [0.1, 0.15) is 12.0 Å². The van der Waals surface area contributed by atoms with Crippen molar-refractivity contribution in [2.75, 3.05) is 46.3 Å². The van der Waals surface area contributed by atoms with Crippen LogP contribution in [-0.4, -0.2) is 74.4 Å². The van der Waals surface area contributed by atoms with E-state index < -0.39 is 12.1 Å². The van der Waals surface area contributed by atoms with Crippen molar-refractivity contribution in [1.82, 2.24) is 9.88 Å². The van der Waals surface area contributed by atoms with Crippen LogP contribution in [0.15, 0.2) is 53.9 Å². The Morgan fingerprint density at radius 1 is 1.03 bits per heavy atom. The molecule has 0 bridgehead atoms. The van der Waals surface area contributed by atoms with Crippen LogP contribution in [0.4, 0.5) is 18.3 Å². The standard InChI is InChI=1S/C24H29N3O3S.C2HF3O2/c1-26(2)13-8-14-27(23(28)15-18-9-6-5-7-10-18)24-25-21(17-31-24)20-16-19(29-3)11-12-22(20)30-4;3-2(4,5)1(6)7/h5-7,9-12,16-17H,8,13-15H2,1-4H3;(H,6,7). The van der Waals surface area contributed by atoms with Crippen molar-refractivity contribution < 1.29 is 37.3 Å². The molecule has 3 rings (SSSR count). The molecule has 1 N–H and O–H groups in total. The number of anilines is 1. The lowest BCUT2D eigenvalue weighted by molar-refractivity contribution is -0.192. The maximum atomic E-state index is 13.2. The molecule has 8 nitrogen and oxygen atoms in total. The highest BCUT2D eigenvalue weighted by atomic mass is 32.1. The number of methoxy groups -OCH3 is 2. The summed E-state index contributed by atoms with van der Waals surface area (Å²) < 4.78 is 42.6. The molecule has 0 saturated carbocycles. The molecule has 0 aliphatic heterocycles. The normalized spacial score (nSPS) is 10.9. The maximum Gasteiger partial charge on any atom is 0.490 e. The molecule has 206 valence electrons. The number of halogens is 3. The number of carboxylic acid groups (broad SMARTS) is 1. The van der Waals surface area contributed by atoms with Gasteiger partial charge in [0.05, 0.1) is 26.3 Å². The zero-order chi connectivity index (χ0) is 28.3. The molecule has 2 aromatic carbocycles. The molecule has 12 heteroatoms. The Balaban J connectivity index is 0.000000638. The van der Waals surface area contributed by atoms with Gasteiger partial charge in [-0.3, -0.25) is 9.69 Å². The number of alkyl halides is 3. The third-order valence-electron chi connectivity index (χ3n) is 5.13. The van der Waals surface area contributed by atoms with Crippen LogP contribution in [0.3, 0.4) is 0 Å². The number of hydrogen-bond donors (Lipinski definition) is 1. The first kappa shape index (κ1) is 30.6. The van der Waals surface area contributed by atoms with Crippen LogP contribution in [0.2, 0.25) is 0 Å². The van der Waals surface area contributed by atoms with Crippen LogP contribution >= 0.6 is 11.3 Å². The Bertz CT molecular complexity index is 1190. The van der Waals surface area contributed by atoms with Gasteiger partial charge < -0.3 is 19.5 Å². The number of aromatic nitrogens is 1. The molecular weight excluding hydrogens is 523 g/mol. The Hall–Kier alpha value is -3.64. The van der Waals surface area contributed by atoms with Gasteiger partial charge in [0, 0.05) is 17.5 Å². The van der Waals surface area contributed by atoms with Crippen LogP contribution in [0, 0.1) is 0 Å². The molecule has 1 heterocycles. The Morgan fingerprint density at radius 3 is 2.24 bits per heavy atom. The number of nitrogens with zero attached hydrogens (tertiary/aromatic N) is 3. The van der Waals surface area contributed by atoms with Gasteiger partial charge in [0.1, 0.15) is 11.5 Å². The first-order chi connectivity index (χ1) is 18.0. The van der Waals surface area contributed by atoms with Crippen molar-refractivity contribution in [2.24, 2.45) is 0 Å². The number of benzene rings is 2. The Morgan fingerprint density at radius 2 is 1.68 bits per heavy atom. The van der Waals surface area contributed by atoms with Crippen LogP contribution in [0.5, 0.6) is 11.5 Å². The van der Waals surface area contributed by atoms with Crippen molar-refractivity contribution in [2.45, 2.75) is 19.0 Å². The van der Waals surface area contributed by atoms with Gasteiger partial charge in [-0.05, 0) is 50.8 Å². The number of carbonyl (C=O) groups excluding carboxylic acids is 1. The van der Waals surface area contributed by atoms with Gasteiger partial charge in [-0.25, -0.2) is 9.78 Å². The number of carboxylic acids is 1. The zero-order valence-corrected chi connectivity index (χ0v) is 22.3. The number of amides is 1. The number of ether oxygens (including phenoxy) is 2. The van der Waals surface area contributed by atoms with Crippen LogP contribution in [0.25, 0.3) is 11.3 Å². The SMILES string of the molecule is COc1ccc(OC)c(-c2csc(N(CCCN(C)C)C(=O)Cc3ccccc3)n2)c1.O=C(O)C(F)(F)F. The number of rotatable bonds is 10. The van der Waals surface area contributed by atoms with Crippen molar-refractivity contribution in [3.8, 4) is 22.8 Å². The molecule has 0 atom stereocenters. The fourth-order valence-electron chi connectivity index (χ4n) is 3.26. The number of thiazole rings is 1. The lowest BCUT2D eigenvalue weighted by Crippen LogP contribution is -2.34. The second kappa shape index (κ2) is 14.3. The minimum atomic E-state index is -5.08. The topological polar surface area (TPSA) is 92.2 Å². The third-order valence-corrected chi connectivity index (χ3v) is 6.00. The Labute approximate surface area is 223 Å². The van der Waals surface area contributed by atoms with Gasteiger partial charge in [0.2, 0.25) is 5.91 Å². The minimum absolute atomic E-state index is 0.0449. The van der Waals surface area contributed by atoms with Gasteiger partial charge in [-0.1, -0.05) is 30.3 Å². The molecule has 38 heavy (non-hydrogen) atoms. The summed E-state index contributed by atoms with van der Waals surface area (Å²) >= 11 is 1.47. The van der Waals surface area contributed by atoms with Gasteiger partial charge in [0.15, 0.2) is 5.13 Å². The van der Waals surface area contributed by atoms with E-state index in [1.54, 1.807) is 19.1 Å². The molecule has 0 spiro atoms. The highest BCUT2D eigenvalue weighted by molar-refractivity contribution is 7.14. The first-order valence-electron chi connectivity index (χ1n) is 11.4. The summed E-state index contributed by atoms with van der Waals surface area (Å²) in [6.07, 6.45) is -3.87. The highest BCUT2D eigenvalue weighted by Crippen LogP contribution is 2.36. The van der Waals surface area contributed by atoms with Gasteiger partial charge in [0.25, 0.3) is 0 Å². The van der Waals surface area contributed by atoms with Gasteiger partial charge in [-0.2, -0.15) is 13.2 Å². The number of carbonyl (C=O) groups is 2. The van der Waals surface area contributed by atoms with E-state index in [-0.39, 0.29) is 5.91 Å². The lowest BCUT2D eigenvalue weighted by Gasteiger charge is -2.21. The molecule has 0 aliphatic carbocycles. The monoisotopic (exact) mass is 553 g/mol. The molecule has 0 saturated heterocycles. The Kier molecular flexibility index (Phi) is 11.5. The molecule has 1 amide bonds. The van der Waals surface area contributed by atoms with Crippen LogP contribution < -0.4 is 14.4 Å². The smallest absolute Gasteiger partial charge is 0.490 e. The summed E-state index contributed by atoms with van der Waals surface area (Å²) in [5.74, 6) is -1.27. The van der Waals surface area contributed by atoms with Gasteiger partial charge in [-0.15, -0.1) is 11.3 Å². The molecule has 0 aliphatic rings. The highest BCUT2D eigenvalue weighted by Gasteiger charge is 2.38. The van der Waals surface area contributed by atoms with E-state index in [9.17, 15) is 18.0 Å². The first-order valence-corrected chi connectivity index (χ1v) is 12.3. The summed E-state index contributed by atoms with van der Waals surface area (Å²) in [7, 11) is 7.34. The second-order valence-electron chi connectivity index (χ2n) is 8.25. The van der Waals surface area contributed by atoms with E-state index in [0.717, 1.165) is 35.5 Å². The fourth-order valence-corrected chi connectivity index (χ4v) is 4.13. The summed E-state index contributed by atoms with van der Waals surface area (Å²) in [6.45, 7) is 1.52. The zero-order valence-electron chi connectivity index (χ0n) is 21.5. The van der Waals surface area contributed by atoms with Crippen molar-refractivity contribution in [1.29, 1.82) is 0 Å². The summed E-state index contributed by atoms with van der Waals surface area (Å²) in [5.41, 5.74) is 2.60. The minimum Gasteiger partial charge on any atom is -0.497 e. The van der Waals surface area contributed by atoms with Crippen molar-refractivity contribution in [3.63, 3.8) is 0 Å². The lowest BCUT2D eigenvalue weighted by atomic mass is 10.1. The number of aliphatic carboxylic acids is 1. The van der Waals surface area contributed by atoms with E-state index in [4.69, 9.17) is 24.4 Å². The maximum absolute atomic E-state index is 13.2. The van der Waals surface area contributed by atoms with E-state index in [1.165, 1.54) is 11.3 Å². The predicted octanol–water partition coefficient (Wildman–Crippen LogP) is 4.99. The average Bonchev–Trinajstić information content (AvgIpc) is 3.36. The molecule has 0 radical (unpaired) electrons. The average molecular weight is 554 g/mol. The van der Waals surface area contributed by atoms with E-state index in [1.807, 2.05) is 68.0 Å². The predicted molar refractivity (Wildman–Crippen MR) is 140 cm³/mol. The number of hydrogen-bond acceptors (Lipinski definition) is 7. The van der Waals surface area contributed by atoms with E-state index in [0.29, 0.717) is 23.8 Å². The summed E-state index contributed by atoms with van der Waals surface area (Å²) in [4.78, 5) is 30.8. The molecule has 0 unspecified atom stereocenters. The van der Waals surface area contributed by atoms with E-state index >= 15 is 0 Å². The van der Waals surface area contributed by atoms with Crippen molar-refractivity contribution >= 4 is 28.3 Å². The summed E-state index contributed by atoms with van der Waals surface area (Å²) in [5, 5.41) is 9.78. The molecule has 0 fully saturated rings.